The predicted molar refractivity (Wildman–Crippen MR) is 71.8 cm³/mol. The molecule has 2 aromatic rings. The molecule has 9 heteroatoms. The van der Waals surface area contributed by atoms with Gasteiger partial charge in [0.05, 0.1) is 7.11 Å². The smallest absolute Gasteiger partial charge is 0.322 e. The van der Waals surface area contributed by atoms with Crippen LogP contribution in [0.5, 0.6) is 6.01 Å². The van der Waals surface area contributed by atoms with Crippen LogP contribution in [0.3, 0.4) is 0 Å². The Hall–Kier alpha value is -2.45. The fourth-order valence-electron chi connectivity index (χ4n) is 1.49. The van der Waals surface area contributed by atoms with Crippen molar-refractivity contribution in [2.75, 3.05) is 30.8 Å². The van der Waals surface area contributed by atoms with Crippen molar-refractivity contribution in [1.29, 1.82) is 0 Å². The minimum absolute atomic E-state index is 0.258. The van der Waals surface area contributed by atoms with Crippen LogP contribution in [0.15, 0.2) is 4.52 Å². The number of rotatable bonds is 7. The van der Waals surface area contributed by atoms with Crippen molar-refractivity contribution in [3.63, 3.8) is 0 Å². The Balaban J connectivity index is 1.95. The number of ether oxygens (including phenoxy) is 1. The molecule has 0 spiro atoms. The molecule has 0 saturated carbocycles. The van der Waals surface area contributed by atoms with Crippen LogP contribution in [0.25, 0.3) is 0 Å². The third-order valence-electron chi connectivity index (χ3n) is 2.33. The van der Waals surface area contributed by atoms with Gasteiger partial charge in [0.15, 0.2) is 5.82 Å². The lowest BCUT2D eigenvalue weighted by Crippen LogP contribution is -2.12. The van der Waals surface area contributed by atoms with Crippen LogP contribution in [0.2, 0.25) is 0 Å². The van der Waals surface area contributed by atoms with E-state index >= 15 is 0 Å². The molecule has 0 atom stereocenters. The molecule has 108 valence electrons. The van der Waals surface area contributed by atoms with E-state index in [4.69, 9.17) is 9.26 Å². The second-order valence-electron chi connectivity index (χ2n) is 3.91. The fraction of sp³-hybridized carbons (Fsp3) is 0.545. The molecule has 0 aromatic carbocycles. The summed E-state index contributed by atoms with van der Waals surface area (Å²) in [6.07, 6.45) is 0.613. The van der Waals surface area contributed by atoms with Gasteiger partial charge in [0.1, 0.15) is 0 Å². The van der Waals surface area contributed by atoms with Crippen molar-refractivity contribution in [3.05, 3.63) is 11.7 Å². The second-order valence-corrected chi connectivity index (χ2v) is 3.91. The summed E-state index contributed by atoms with van der Waals surface area (Å²) in [6.45, 7) is 5.01. The number of anilines is 2. The van der Waals surface area contributed by atoms with Gasteiger partial charge in [0.2, 0.25) is 17.8 Å². The Labute approximate surface area is 116 Å². The molecule has 0 radical (unpaired) electrons. The highest BCUT2D eigenvalue weighted by molar-refractivity contribution is 5.35. The molecule has 0 aliphatic heterocycles. The van der Waals surface area contributed by atoms with Gasteiger partial charge >= 0.3 is 6.01 Å². The zero-order chi connectivity index (χ0) is 14.4. The van der Waals surface area contributed by atoms with Crippen LogP contribution in [-0.2, 0) is 6.42 Å². The maximum absolute atomic E-state index is 5.03. The van der Waals surface area contributed by atoms with Crippen molar-refractivity contribution >= 4 is 11.9 Å². The van der Waals surface area contributed by atoms with Gasteiger partial charge in [-0.15, -0.1) is 0 Å². The molecule has 0 aliphatic rings. The van der Waals surface area contributed by atoms with Crippen molar-refractivity contribution in [1.82, 2.24) is 25.1 Å². The van der Waals surface area contributed by atoms with Gasteiger partial charge < -0.3 is 19.9 Å². The summed E-state index contributed by atoms with van der Waals surface area (Å²) in [6, 6.07) is 0.258. The molecule has 2 aromatic heterocycles. The zero-order valence-corrected chi connectivity index (χ0v) is 11.7. The number of nitrogens with zero attached hydrogens (tertiary/aromatic N) is 5. The third kappa shape index (κ3) is 3.77. The van der Waals surface area contributed by atoms with Gasteiger partial charge in [-0.1, -0.05) is 5.16 Å². The van der Waals surface area contributed by atoms with Crippen LogP contribution in [0, 0.1) is 6.92 Å². The lowest BCUT2D eigenvalue weighted by atomic mass is 10.4. The van der Waals surface area contributed by atoms with Crippen molar-refractivity contribution in [2.24, 2.45) is 0 Å². The van der Waals surface area contributed by atoms with Gasteiger partial charge in [-0.2, -0.15) is 19.9 Å². The first-order valence-corrected chi connectivity index (χ1v) is 6.28. The SMILES string of the molecule is CCNc1nc(NCCc2noc(C)n2)nc(OC)n1. The Morgan fingerprint density at radius 3 is 2.45 bits per heavy atom. The second kappa shape index (κ2) is 6.64. The average Bonchev–Trinajstić information content (AvgIpc) is 2.84. The summed E-state index contributed by atoms with van der Waals surface area (Å²) in [5, 5.41) is 9.90. The van der Waals surface area contributed by atoms with E-state index in [1.165, 1.54) is 7.11 Å². The topological polar surface area (TPSA) is 111 Å². The number of aryl methyl sites for hydroxylation is 1. The maximum Gasteiger partial charge on any atom is 0.322 e. The van der Waals surface area contributed by atoms with Gasteiger partial charge in [0, 0.05) is 26.4 Å². The molecule has 2 heterocycles. The third-order valence-corrected chi connectivity index (χ3v) is 2.33. The predicted octanol–water partition coefficient (Wildman–Crippen LogP) is 0.658. The summed E-state index contributed by atoms with van der Waals surface area (Å²) >= 11 is 0. The highest BCUT2D eigenvalue weighted by atomic mass is 16.5. The molecule has 2 N–H and O–H groups in total. The van der Waals surface area contributed by atoms with Crippen LogP contribution in [-0.4, -0.2) is 45.3 Å². The lowest BCUT2D eigenvalue weighted by molar-refractivity contribution is 0.379. The van der Waals surface area contributed by atoms with Crippen LogP contribution in [0.4, 0.5) is 11.9 Å². The van der Waals surface area contributed by atoms with E-state index < -0.39 is 0 Å². The number of aromatic nitrogens is 5. The molecule has 0 unspecified atom stereocenters. The molecule has 20 heavy (non-hydrogen) atoms. The Kier molecular flexibility index (Phi) is 4.64. The lowest BCUT2D eigenvalue weighted by Gasteiger charge is -2.07. The zero-order valence-electron chi connectivity index (χ0n) is 11.7. The molecule has 0 fully saturated rings. The highest BCUT2D eigenvalue weighted by Crippen LogP contribution is 2.10. The van der Waals surface area contributed by atoms with Crippen LogP contribution < -0.4 is 15.4 Å². The molecular formula is C11H17N7O2. The monoisotopic (exact) mass is 279 g/mol. The maximum atomic E-state index is 5.03. The van der Waals surface area contributed by atoms with Gasteiger partial charge in [-0.05, 0) is 6.92 Å². The van der Waals surface area contributed by atoms with Crippen molar-refractivity contribution < 1.29 is 9.26 Å². The summed E-state index contributed by atoms with van der Waals surface area (Å²) < 4.78 is 9.92. The summed E-state index contributed by atoms with van der Waals surface area (Å²) in [7, 11) is 1.51. The summed E-state index contributed by atoms with van der Waals surface area (Å²) in [4.78, 5) is 16.5. The Bertz CT molecular complexity index is 557. The van der Waals surface area contributed by atoms with Gasteiger partial charge in [-0.3, -0.25) is 0 Å². The van der Waals surface area contributed by atoms with E-state index in [-0.39, 0.29) is 6.01 Å². The average molecular weight is 279 g/mol. The molecule has 0 amide bonds. The molecule has 9 nitrogen and oxygen atoms in total. The summed E-state index contributed by atoms with van der Waals surface area (Å²) in [5.41, 5.74) is 0. The Morgan fingerprint density at radius 1 is 1.10 bits per heavy atom. The first kappa shape index (κ1) is 14.0. The molecule has 0 aliphatic carbocycles. The number of hydrogen-bond acceptors (Lipinski definition) is 9. The molecule has 2 rings (SSSR count). The van der Waals surface area contributed by atoms with Crippen molar-refractivity contribution in [2.45, 2.75) is 20.3 Å². The number of methoxy groups -OCH3 is 1. The first-order valence-electron chi connectivity index (χ1n) is 6.28. The van der Waals surface area contributed by atoms with Crippen molar-refractivity contribution in [3.8, 4) is 6.01 Å². The summed E-state index contributed by atoms with van der Waals surface area (Å²) in [5.74, 6) is 2.10. The largest absolute Gasteiger partial charge is 0.467 e. The van der Waals surface area contributed by atoms with Gasteiger partial charge in [0.25, 0.3) is 0 Å². The normalized spacial score (nSPS) is 10.3. The van der Waals surface area contributed by atoms with E-state index in [0.29, 0.717) is 36.6 Å². The molecule has 0 bridgehead atoms. The number of hydrogen-bond donors (Lipinski definition) is 2. The first-order chi connectivity index (χ1) is 9.71. The standard InChI is InChI=1S/C11H17N7O2/c1-4-12-9-15-10(17-11(16-9)19-3)13-6-5-8-14-7(2)20-18-8/h4-6H2,1-3H3,(H2,12,13,15,16,17). The number of nitrogens with one attached hydrogen (secondary N) is 2. The van der Waals surface area contributed by atoms with E-state index in [1.807, 2.05) is 6.92 Å². The quantitative estimate of drug-likeness (QED) is 0.754. The molecular weight excluding hydrogens is 262 g/mol. The van der Waals surface area contributed by atoms with Crippen LogP contribution >= 0.6 is 0 Å². The minimum atomic E-state index is 0.258. The van der Waals surface area contributed by atoms with E-state index in [1.54, 1.807) is 6.92 Å². The Morgan fingerprint density at radius 2 is 1.85 bits per heavy atom. The fourth-order valence-corrected chi connectivity index (χ4v) is 1.49. The van der Waals surface area contributed by atoms with E-state index in [0.717, 1.165) is 6.54 Å². The van der Waals surface area contributed by atoms with E-state index in [9.17, 15) is 0 Å². The van der Waals surface area contributed by atoms with E-state index in [2.05, 4.69) is 35.7 Å². The van der Waals surface area contributed by atoms with Gasteiger partial charge in [-0.25, -0.2) is 0 Å². The minimum Gasteiger partial charge on any atom is -0.467 e. The van der Waals surface area contributed by atoms with Crippen LogP contribution in [0.1, 0.15) is 18.6 Å². The molecule has 0 saturated heterocycles. The highest BCUT2D eigenvalue weighted by Gasteiger charge is 2.07.